The highest BCUT2D eigenvalue weighted by Crippen LogP contribution is 2.20. The van der Waals surface area contributed by atoms with Crippen LogP contribution >= 0.6 is 0 Å². The van der Waals surface area contributed by atoms with E-state index in [0.29, 0.717) is 12.3 Å². The lowest BCUT2D eigenvalue weighted by molar-refractivity contribution is -0.127. The number of nitrogens with one attached hydrogen (secondary N) is 1. The molecule has 0 bridgehead atoms. The van der Waals surface area contributed by atoms with Crippen LogP contribution in [0.15, 0.2) is 18.2 Å². The number of aromatic carboxylic acids is 1. The first-order chi connectivity index (χ1) is 8.95. The van der Waals surface area contributed by atoms with E-state index >= 15 is 0 Å². The summed E-state index contributed by atoms with van der Waals surface area (Å²) < 4.78 is 5.40. The first-order valence-electron chi connectivity index (χ1n) is 6.03. The number of hydrogen-bond acceptors (Lipinski definition) is 4. The summed E-state index contributed by atoms with van der Waals surface area (Å²) in [6.07, 6.45) is 0.181. The fourth-order valence-electron chi connectivity index (χ4n) is 1.46. The lowest BCUT2D eigenvalue weighted by Gasteiger charge is -2.15. The number of carbonyl (C=O) groups excluding carboxylic acids is 1. The number of nitrogen functional groups attached to an aromatic ring is 1. The van der Waals surface area contributed by atoms with Crippen LogP contribution in [0.3, 0.4) is 0 Å². The normalized spacial score (nSPS) is 11.7. The van der Waals surface area contributed by atoms with E-state index in [9.17, 15) is 9.59 Å². The SMILES string of the molecule is CCCNC(=O)C(C)Oc1ccc(C(=O)O)c(N)c1. The summed E-state index contributed by atoms with van der Waals surface area (Å²) >= 11 is 0. The molecule has 0 saturated heterocycles. The van der Waals surface area contributed by atoms with Crippen molar-refractivity contribution in [2.24, 2.45) is 0 Å². The van der Waals surface area contributed by atoms with Crippen LogP contribution in [0.5, 0.6) is 5.75 Å². The summed E-state index contributed by atoms with van der Waals surface area (Å²) in [6.45, 7) is 4.16. The summed E-state index contributed by atoms with van der Waals surface area (Å²) in [5, 5.41) is 11.5. The molecule has 0 aliphatic rings. The monoisotopic (exact) mass is 266 g/mol. The molecule has 0 aliphatic heterocycles. The third-order valence-corrected chi connectivity index (χ3v) is 2.48. The molecule has 0 saturated carbocycles. The molecular weight excluding hydrogens is 248 g/mol. The van der Waals surface area contributed by atoms with Crippen molar-refractivity contribution in [3.63, 3.8) is 0 Å². The zero-order valence-corrected chi connectivity index (χ0v) is 11.0. The zero-order valence-electron chi connectivity index (χ0n) is 11.0. The van der Waals surface area contributed by atoms with E-state index in [0.717, 1.165) is 6.42 Å². The Morgan fingerprint density at radius 1 is 1.47 bits per heavy atom. The van der Waals surface area contributed by atoms with Crippen LogP contribution < -0.4 is 15.8 Å². The Morgan fingerprint density at radius 3 is 2.68 bits per heavy atom. The van der Waals surface area contributed by atoms with Crippen molar-refractivity contribution in [1.29, 1.82) is 0 Å². The van der Waals surface area contributed by atoms with Gasteiger partial charge < -0.3 is 20.9 Å². The van der Waals surface area contributed by atoms with Crippen LogP contribution in [0.1, 0.15) is 30.6 Å². The smallest absolute Gasteiger partial charge is 0.337 e. The van der Waals surface area contributed by atoms with Crippen molar-refractivity contribution in [3.8, 4) is 5.75 Å². The Bertz CT molecular complexity index is 474. The largest absolute Gasteiger partial charge is 0.481 e. The highest BCUT2D eigenvalue weighted by atomic mass is 16.5. The van der Waals surface area contributed by atoms with Crippen molar-refractivity contribution in [2.45, 2.75) is 26.4 Å². The molecular formula is C13H18N2O4. The topological polar surface area (TPSA) is 102 Å². The third-order valence-electron chi connectivity index (χ3n) is 2.48. The van der Waals surface area contributed by atoms with Gasteiger partial charge >= 0.3 is 5.97 Å². The predicted octanol–water partition coefficient (Wildman–Crippen LogP) is 1.26. The Kier molecular flexibility index (Phi) is 5.17. The number of carbonyl (C=O) groups is 2. The van der Waals surface area contributed by atoms with Gasteiger partial charge in [0, 0.05) is 18.3 Å². The van der Waals surface area contributed by atoms with Crippen LogP contribution in [0, 0.1) is 0 Å². The van der Waals surface area contributed by atoms with Crippen LogP contribution in [-0.4, -0.2) is 29.6 Å². The second kappa shape index (κ2) is 6.63. The predicted molar refractivity (Wildman–Crippen MR) is 71.2 cm³/mol. The third kappa shape index (κ3) is 4.17. The van der Waals surface area contributed by atoms with Gasteiger partial charge in [-0.3, -0.25) is 4.79 Å². The molecule has 1 aromatic rings. The molecule has 1 rings (SSSR count). The number of hydrogen-bond donors (Lipinski definition) is 3. The van der Waals surface area contributed by atoms with E-state index in [-0.39, 0.29) is 17.2 Å². The molecule has 19 heavy (non-hydrogen) atoms. The fourth-order valence-corrected chi connectivity index (χ4v) is 1.46. The Morgan fingerprint density at radius 2 is 2.16 bits per heavy atom. The molecule has 0 aliphatic carbocycles. The van der Waals surface area contributed by atoms with E-state index in [4.69, 9.17) is 15.6 Å². The minimum Gasteiger partial charge on any atom is -0.481 e. The molecule has 0 aromatic heterocycles. The van der Waals surface area contributed by atoms with E-state index in [1.807, 2.05) is 6.92 Å². The van der Waals surface area contributed by atoms with Gasteiger partial charge in [-0.15, -0.1) is 0 Å². The number of rotatable bonds is 6. The lowest BCUT2D eigenvalue weighted by Crippen LogP contribution is -2.36. The number of carboxylic acid groups (broad SMARTS) is 1. The first kappa shape index (κ1) is 14.8. The molecule has 0 fully saturated rings. The number of nitrogens with two attached hydrogens (primary N) is 1. The van der Waals surface area contributed by atoms with E-state index < -0.39 is 12.1 Å². The number of carboxylic acids is 1. The van der Waals surface area contributed by atoms with Gasteiger partial charge in [-0.1, -0.05) is 6.92 Å². The zero-order chi connectivity index (χ0) is 14.4. The second-order valence-corrected chi connectivity index (χ2v) is 4.11. The maximum atomic E-state index is 11.6. The molecule has 0 radical (unpaired) electrons. The van der Waals surface area contributed by atoms with E-state index in [1.165, 1.54) is 18.2 Å². The molecule has 0 heterocycles. The molecule has 104 valence electrons. The standard InChI is InChI=1S/C13H18N2O4/c1-3-6-15-12(16)8(2)19-9-4-5-10(13(17)18)11(14)7-9/h4-5,7-8H,3,6,14H2,1-2H3,(H,15,16)(H,17,18). The molecule has 6 heteroatoms. The van der Waals surface area contributed by atoms with Gasteiger partial charge in [-0.05, 0) is 25.5 Å². The highest BCUT2D eigenvalue weighted by molar-refractivity contribution is 5.93. The lowest BCUT2D eigenvalue weighted by atomic mass is 10.2. The average Bonchev–Trinajstić information content (AvgIpc) is 2.35. The average molecular weight is 266 g/mol. The molecule has 1 atom stereocenters. The molecule has 1 unspecified atom stereocenters. The highest BCUT2D eigenvalue weighted by Gasteiger charge is 2.15. The van der Waals surface area contributed by atoms with Crippen molar-refractivity contribution in [1.82, 2.24) is 5.32 Å². The van der Waals surface area contributed by atoms with E-state index in [2.05, 4.69) is 5.32 Å². The van der Waals surface area contributed by atoms with Gasteiger partial charge in [-0.2, -0.15) is 0 Å². The molecule has 4 N–H and O–H groups in total. The summed E-state index contributed by atoms with van der Waals surface area (Å²) in [5.74, 6) is -0.956. The van der Waals surface area contributed by atoms with E-state index in [1.54, 1.807) is 6.92 Å². The van der Waals surface area contributed by atoms with Crippen LogP contribution in [0.4, 0.5) is 5.69 Å². The summed E-state index contributed by atoms with van der Waals surface area (Å²) in [6, 6.07) is 4.22. The number of ether oxygens (including phenoxy) is 1. The minimum absolute atomic E-state index is 0.00966. The van der Waals surface area contributed by atoms with Crippen LogP contribution in [-0.2, 0) is 4.79 Å². The maximum Gasteiger partial charge on any atom is 0.337 e. The molecule has 0 spiro atoms. The van der Waals surface area contributed by atoms with Gasteiger partial charge in [0.05, 0.1) is 5.56 Å². The van der Waals surface area contributed by atoms with Gasteiger partial charge in [-0.25, -0.2) is 4.79 Å². The second-order valence-electron chi connectivity index (χ2n) is 4.11. The summed E-state index contributed by atoms with van der Waals surface area (Å²) in [4.78, 5) is 22.4. The number of anilines is 1. The number of amides is 1. The van der Waals surface area contributed by atoms with Gasteiger partial charge in [0.2, 0.25) is 0 Å². The first-order valence-corrected chi connectivity index (χ1v) is 6.03. The van der Waals surface area contributed by atoms with Crippen LogP contribution in [0.2, 0.25) is 0 Å². The summed E-state index contributed by atoms with van der Waals surface area (Å²) in [5.41, 5.74) is 5.71. The Labute approximate surface area is 111 Å². The maximum absolute atomic E-state index is 11.6. The quantitative estimate of drug-likeness (QED) is 0.673. The Balaban J connectivity index is 2.69. The van der Waals surface area contributed by atoms with Gasteiger partial charge in [0.1, 0.15) is 5.75 Å². The fraction of sp³-hybridized carbons (Fsp3) is 0.385. The molecule has 1 amide bonds. The van der Waals surface area contributed by atoms with Crippen molar-refractivity contribution >= 4 is 17.6 Å². The minimum atomic E-state index is -1.10. The summed E-state index contributed by atoms with van der Waals surface area (Å²) in [7, 11) is 0. The van der Waals surface area contributed by atoms with Crippen molar-refractivity contribution in [2.75, 3.05) is 12.3 Å². The molecule has 1 aromatic carbocycles. The van der Waals surface area contributed by atoms with Crippen LogP contribution in [0.25, 0.3) is 0 Å². The Hall–Kier alpha value is -2.24. The van der Waals surface area contributed by atoms with Crippen molar-refractivity contribution < 1.29 is 19.4 Å². The van der Waals surface area contributed by atoms with Gasteiger partial charge in [0.25, 0.3) is 5.91 Å². The number of benzene rings is 1. The van der Waals surface area contributed by atoms with Gasteiger partial charge in [0.15, 0.2) is 6.10 Å². The molecule has 6 nitrogen and oxygen atoms in total. The van der Waals surface area contributed by atoms with Crippen molar-refractivity contribution in [3.05, 3.63) is 23.8 Å².